The third-order valence-electron chi connectivity index (χ3n) is 2.60. The van der Waals surface area contributed by atoms with Crippen molar-refractivity contribution in [2.45, 2.75) is 25.8 Å². The molecular weight excluding hydrogens is 212 g/mol. The fourth-order valence-corrected chi connectivity index (χ4v) is 2.44. The zero-order chi connectivity index (χ0) is 10.8. The van der Waals surface area contributed by atoms with Gasteiger partial charge < -0.3 is 10.6 Å². The average molecular weight is 226 g/mol. The lowest BCUT2D eigenvalue weighted by Crippen LogP contribution is -2.31. The molecule has 82 valence electrons. The largest absolute Gasteiger partial charge is 0.336 e. The van der Waals surface area contributed by atoms with Gasteiger partial charge in [0.25, 0.3) is 5.91 Å². The molecular formula is C9H14N4OS. The van der Waals surface area contributed by atoms with Gasteiger partial charge in [0.05, 0.1) is 5.69 Å². The maximum Gasteiger partial charge on any atom is 0.267 e. The summed E-state index contributed by atoms with van der Waals surface area (Å²) >= 11 is 1.18. The summed E-state index contributed by atoms with van der Waals surface area (Å²) in [4.78, 5) is 14.5. The van der Waals surface area contributed by atoms with Gasteiger partial charge in [0.1, 0.15) is 4.88 Å². The van der Waals surface area contributed by atoms with Crippen LogP contribution in [0.5, 0.6) is 0 Å². The van der Waals surface area contributed by atoms with Crippen LogP contribution in [-0.2, 0) is 6.42 Å². The van der Waals surface area contributed by atoms with Gasteiger partial charge >= 0.3 is 0 Å². The van der Waals surface area contributed by atoms with Crippen LogP contribution in [0.25, 0.3) is 0 Å². The van der Waals surface area contributed by atoms with Crippen LogP contribution >= 0.6 is 11.5 Å². The van der Waals surface area contributed by atoms with E-state index in [0.29, 0.717) is 11.4 Å². The monoisotopic (exact) mass is 226 g/mol. The minimum absolute atomic E-state index is 0.0369. The first kappa shape index (κ1) is 10.5. The molecule has 15 heavy (non-hydrogen) atoms. The van der Waals surface area contributed by atoms with Gasteiger partial charge in [-0.2, -0.15) is 0 Å². The van der Waals surface area contributed by atoms with Crippen LogP contribution in [0.3, 0.4) is 0 Å². The summed E-state index contributed by atoms with van der Waals surface area (Å²) < 4.78 is 3.82. The number of carbonyl (C=O) groups excluding carboxylic acids is 1. The SMILES string of the molecule is CCc1nnsc1C(=O)N1CCC(N)C1. The summed E-state index contributed by atoms with van der Waals surface area (Å²) in [6.45, 7) is 3.38. The Labute approximate surface area is 92.4 Å². The van der Waals surface area contributed by atoms with Crippen LogP contribution in [-0.4, -0.2) is 39.5 Å². The smallest absolute Gasteiger partial charge is 0.267 e. The van der Waals surface area contributed by atoms with E-state index in [1.807, 2.05) is 6.92 Å². The highest BCUT2D eigenvalue weighted by Gasteiger charge is 2.27. The number of carbonyl (C=O) groups is 1. The quantitative estimate of drug-likeness (QED) is 0.786. The number of aromatic nitrogens is 2. The Morgan fingerprint density at radius 3 is 3.13 bits per heavy atom. The van der Waals surface area contributed by atoms with Crippen molar-refractivity contribution in [2.75, 3.05) is 13.1 Å². The lowest BCUT2D eigenvalue weighted by Gasteiger charge is -2.14. The fraction of sp³-hybridized carbons (Fsp3) is 0.667. The first-order chi connectivity index (χ1) is 7.22. The van der Waals surface area contributed by atoms with E-state index in [-0.39, 0.29) is 11.9 Å². The Hall–Kier alpha value is -1.01. The van der Waals surface area contributed by atoms with E-state index < -0.39 is 0 Å². The predicted octanol–water partition coefficient (Wildman–Crippen LogP) is 0.274. The molecule has 1 unspecified atom stereocenters. The molecule has 0 radical (unpaired) electrons. The first-order valence-corrected chi connectivity index (χ1v) is 5.85. The third kappa shape index (κ3) is 2.00. The second-order valence-electron chi connectivity index (χ2n) is 3.70. The Morgan fingerprint density at radius 1 is 1.73 bits per heavy atom. The van der Waals surface area contributed by atoms with Crippen LogP contribution in [0, 0.1) is 0 Å². The molecule has 1 aliphatic rings. The molecule has 0 saturated carbocycles. The van der Waals surface area contributed by atoms with Gasteiger partial charge in [-0.15, -0.1) is 5.10 Å². The van der Waals surface area contributed by atoms with Gasteiger partial charge in [-0.3, -0.25) is 4.79 Å². The van der Waals surface area contributed by atoms with E-state index in [9.17, 15) is 4.79 Å². The number of aryl methyl sites for hydroxylation is 1. The van der Waals surface area contributed by atoms with Crippen molar-refractivity contribution in [1.82, 2.24) is 14.5 Å². The van der Waals surface area contributed by atoms with Crippen molar-refractivity contribution >= 4 is 17.4 Å². The Bertz CT molecular complexity index is 365. The van der Waals surface area contributed by atoms with E-state index >= 15 is 0 Å². The number of rotatable bonds is 2. The van der Waals surface area contributed by atoms with Crippen LogP contribution in [0.15, 0.2) is 0 Å². The molecule has 0 aliphatic carbocycles. The summed E-state index contributed by atoms with van der Waals surface area (Å²) in [5.41, 5.74) is 6.56. The van der Waals surface area contributed by atoms with Gasteiger partial charge in [-0.05, 0) is 24.4 Å². The van der Waals surface area contributed by atoms with Crippen LogP contribution in [0.1, 0.15) is 28.7 Å². The Kier molecular flexibility index (Phi) is 2.97. The standard InChI is InChI=1S/C9H14N4OS/c1-2-7-8(15-12-11-7)9(14)13-4-3-6(10)5-13/h6H,2-5,10H2,1H3. The number of amides is 1. The molecule has 1 aromatic rings. The third-order valence-corrected chi connectivity index (χ3v) is 3.35. The molecule has 1 fully saturated rings. The van der Waals surface area contributed by atoms with E-state index in [2.05, 4.69) is 9.59 Å². The summed E-state index contributed by atoms with van der Waals surface area (Å²) in [5.74, 6) is 0.0369. The molecule has 2 rings (SSSR count). The number of hydrogen-bond acceptors (Lipinski definition) is 5. The number of nitrogens with zero attached hydrogens (tertiary/aromatic N) is 3. The topological polar surface area (TPSA) is 72.1 Å². The van der Waals surface area contributed by atoms with E-state index in [1.165, 1.54) is 11.5 Å². The summed E-state index contributed by atoms with van der Waals surface area (Å²) in [6.07, 6.45) is 1.64. The number of nitrogens with two attached hydrogens (primary N) is 1. The van der Waals surface area contributed by atoms with E-state index in [0.717, 1.165) is 25.1 Å². The molecule has 0 aromatic carbocycles. The zero-order valence-corrected chi connectivity index (χ0v) is 9.46. The number of hydrogen-bond donors (Lipinski definition) is 1. The molecule has 2 heterocycles. The van der Waals surface area contributed by atoms with Crippen molar-refractivity contribution in [2.24, 2.45) is 5.73 Å². The molecule has 0 spiro atoms. The normalized spacial score (nSPS) is 20.9. The zero-order valence-electron chi connectivity index (χ0n) is 8.64. The Balaban J connectivity index is 2.14. The van der Waals surface area contributed by atoms with Gasteiger partial charge in [-0.25, -0.2) is 0 Å². The summed E-state index contributed by atoms with van der Waals surface area (Å²) in [5, 5.41) is 3.94. The van der Waals surface area contributed by atoms with Crippen molar-refractivity contribution in [3.05, 3.63) is 10.6 Å². The number of likely N-dealkylation sites (tertiary alicyclic amines) is 1. The van der Waals surface area contributed by atoms with Crippen LogP contribution < -0.4 is 5.73 Å². The highest BCUT2D eigenvalue weighted by atomic mass is 32.1. The van der Waals surface area contributed by atoms with Gasteiger partial charge in [0, 0.05) is 19.1 Å². The maximum absolute atomic E-state index is 12.0. The molecule has 2 N–H and O–H groups in total. The van der Waals surface area contributed by atoms with Gasteiger partial charge in [0.2, 0.25) is 0 Å². The lowest BCUT2D eigenvalue weighted by molar-refractivity contribution is 0.0794. The molecule has 5 nitrogen and oxygen atoms in total. The lowest BCUT2D eigenvalue weighted by atomic mass is 10.3. The second-order valence-corrected chi connectivity index (χ2v) is 4.46. The predicted molar refractivity (Wildman–Crippen MR) is 57.8 cm³/mol. The molecule has 1 aliphatic heterocycles. The minimum atomic E-state index is 0.0369. The van der Waals surface area contributed by atoms with Gasteiger partial charge in [-0.1, -0.05) is 11.4 Å². The summed E-state index contributed by atoms with van der Waals surface area (Å²) in [7, 11) is 0. The molecule has 6 heteroatoms. The van der Waals surface area contributed by atoms with Crippen LogP contribution in [0.4, 0.5) is 0 Å². The molecule has 0 bridgehead atoms. The van der Waals surface area contributed by atoms with E-state index in [4.69, 9.17) is 5.73 Å². The van der Waals surface area contributed by atoms with E-state index in [1.54, 1.807) is 4.90 Å². The average Bonchev–Trinajstić information content (AvgIpc) is 2.84. The first-order valence-electron chi connectivity index (χ1n) is 5.08. The Morgan fingerprint density at radius 2 is 2.53 bits per heavy atom. The van der Waals surface area contributed by atoms with Gasteiger partial charge in [0.15, 0.2) is 0 Å². The maximum atomic E-state index is 12.0. The molecule has 1 amide bonds. The van der Waals surface area contributed by atoms with Crippen molar-refractivity contribution in [1.29, 1.82) is 0 Å². The highest BCUT2D eigenvalue weighted by molar-refractivity contribution is 7.08. The van der Waals surface area contributed by atoms with Crippen molar-refractivity contribution < 1.29 is 4.79 Å². The molecule has 1 atom stereocenters. The molecule has 1 aromatic heterocycles. The van der Waals surface area contributed by atoms with Crippen molar-refractivity contribution in [3.8, 4) is 0 Å². The molecule has 1 saturated heterocycles. The second kappa shape index (κ2) is 4.24. The minimum Gasteiger partial charge on any atom is -0.336 e. The van der Waals surface area contributed by atoms with Crippen LogP contribution in [0.2, 0.25) is 0 Å². The van der Waals surface area contributed by atoms with Crippen molar-refractivity contribution in [3.63, 3.8) is 0 Å². The fourth-order valence-electron chi connectivity index (χ4n) is 1.72. The highest BCUT2D eigenvalue weighted by Crippen LogP contribution is 2.17. The summed E-state index contributed by atoms with van der Waals surface area (Å²) in [6, 6.07) is 0.125.